The average molecular weight is 179 g/mol. The number of piperidine rings is 1. The van der Waals surface area contributed by atoms with Crippen LogP contribution in [0.5, 0.6) is 0 Å². The number of nitrogens with one attached hydrogen (secondary N) is 1. The quantitative estimate of drug-likeness (QED) is 0.708. The lowest BCUT2D eigenvalue weighted by molar-refractivity contribution is 0.411. The maximum Gasteiger partial charge on any atom is 0.0540 e. The van der Waals surface area contributed by atoms with Gasteiger partial charge in [0.05, 0.1) is 6.20 Å². The van der Waals surface area contributed by atoms with E-state index in [4.69, 9.17) is 0 Å². The van der Waals surface area contributed by atoms with Crippen LogP contribution in [0.2, 0.25) is 0 Å². The van der Waals surface area contributed by atoms with Crippen molar-refractivity contribution in [2.45, 2.75) is 32.2 Å². The van der Waals surface area contributed by atoms with Crippen LogP contribution in [0.25, 0.3) is 0 Å². The Bertz CT molecular complexity index is 284. The zero-order valence-electron chi connectivity index (χ0n) is 8.38. The summed E-state index contributed by atoms with van der Waals surface area (Å²) in [4.78, 5) is 0. The van der Waals surface area contributed by atoms with Crippen LogP contribution in [-0.4, -0.2) is 16.3 Å². The van der Waals surface area contributed by atoms with Gasteiger partial charge in [-0.3, -0.25) is 4.68 Å². The molecular weight excluding hydrogens is 162 g/mol. The van der Waals surface area contributed by atoms with Crippen molar-refractivity contribution >= 4 is 0 Å². The molecule has 1 aliphatic heterocycles. The van der Waals surface area contributed by atoms with Crippen LogP contribution in [0, 0.1) is 6.92 Å². The summed E-state index contributed by atoms with van der Waals surface area (Å²) in [5.74, 6) is 0. The highest BCUT2D eigenvalue weighted by Gasteiger charge is 2.18. The van der Waals surface area contributed by atoms with Gasteiger partial charge in [0.15, 0.2) is 0 Å². The van der Waals surface area contributed by atoms with Gasteiger partial charge in [-0.15, -0.1) is 0 Å². The number of nitrogens with zero attached hydrogens (tertiary/aromatic N) is 2. The molecule has 1 unspecified atom stereocenters. The Balaban J connectivity index is 2.18. The van der Waals surface area contributed by atoms with Gasteiger partial charge in [-0.1, -0.05) is 6.42 Å². The minimum atomic E-state index is 0.544. The molecule has 1 aromatic rings. The molecule has 3 nitrogen and oxygen atoms in total. The Morgan fingerprint density at radius 1 is 1.54 bits per heavy atom. The molecule has 1 aromatic heterocycles. The molecule has 72 valence electrons. The fourth-order valence-electron chi connectivity index (χ4n) is 1.98. The summed E-state index contributed by atoms with van der Waals surface area (Å²) in [6, 6.07) is 0.544. The third kappa shape index (κ3) is 1.61. The highest BCUT2D eigenvalue weighted by molar-refractivity contribution is 5.20. The molecule has 13 heavy (non-hydrogen) atoms. The Hall–Kier alpha value is -0.830. The molecule has 0 radical (unpaired) electrons. The van der Waals surface area contributed by atoms with E-state index in [0.29, 0.717) is 6.04 Å². The lowest BCUT2D eigenvalue weighted by atomic mass is 9.98. The third-order valence-corrected chi connectivity index (χ3v) is 2.96. The van der Waals surface area contributed by atoms with E-state index in [1.807, 2.05) is 17.9 Å². The van der Waals surface area contributed by atoms with Crippen LogP contribution in [0.1, 0.15) is 36.6 Å². The third-order valence-electron chi connectivity index (χ3n) is 2.96. The van der Waals surface area contributed by atoms with Crippen molar-refractivity contribution in [2.24, 2.45) is 7.05 Å². The standard InChI is InChI=1S/C10H17N3/c1-8-9(7-12-13(8)2)10-5-3-4-6-11-10/h7,10-11H,3-6H2,1-2H3. The maximum atomic E-state index is 4.27. The fraction of sp³-hybridized carbons (Fsp3) is 0.700. The zero-order chi connectivity index (χ0) is 9.26. The molecule has 0 spiro atoms. The second-order valence-corrected chi connectivity index (χ2v) is 3.81. The number of aromatic nitrogens is 2. The molecule has 1 N–H and O–H groups in total. The minimum Gasteiger partial charge on any atom is -0.310 e. The highest BCUT2D eigenvalue weighted by Crippen LogP contribution is 2.24. The fourth-order valence-corrected chi connectivity index (χ4v) is 1.98. The summed E-state index contributed by atoms with van der Waals surface area (Å²) >= 11 is 0. The van der Waals surface area contributed by atoms with E-state index < -0.39 is 0 Å². The highest BCUT2D eigenvalue weighted by atomic mass is 15.3. The number of aryl methyl sites for hydroxylation is 1. The van der Waals surface area contributed by atoms with E-state index in [0.717, 1.165) is 6.54 Å². The Morgan fingerprint density at radius 3 is 2.92 bits per heavy atom. The van der Waals surface area contributed by atoms with Gasteiger partial charge < -0.3 is 5.32 Å². The number of hydrogen-bond donors (Lipinski definition) is 1. The molecule has 1 atom stereocenters. The predicted octanol–water partition coefficient (Wildman–Crippen LogP) is 1.54. The van der Waals surface area contributed by atoms with Crippen molar-refractivity contribution < 1.29 is 0 Å². The molecule has 1 aliphatic rings. The van der Waals surface area contributed by atoms with Gasteiger partial charge in [0.1, 0.15) is 0 Å². The Kier molecular flexibility index (Phi) is 2.36. The van der Waals surface area contributed by atoms with E-state index in [9.17, 15) is 0 Å². The molecule has 0 bridgehead atoms. The largest absolute Gasteiger partial charge is 0.310 e. The molecule has 0 aliphatic carbocycles. The first-order valence-electron chi connectivity index (χ1n) is 5.01. The van der Waals surface area contributed by atoms with Gasteiger partial charge in [0.2, 0.25) is 0 Å². The van der Waals surface area contributed by atoms with E-state index in [2.05, 4.69) is 17.3 Å². The Morgan fingerprint density at radius 2 is 2.38 bits per heavy atom. The van der Waals surface area contributed by atoms with Crippen molar-refractivity contribution in [3.05, 3.63) is 17.5 Å². The second kappa shape index (κ2) is 3.50. The predicted molar refractivity (Wildman–Crippen MR) is 52.5 cm³/mol. The van der Waals surface area contributed by atoms with Crippen LogP contribution in [-0.2, 0) is 7.05 Å². The van der Waals surface area contributed by atoms with Gasteiger partial charge in [-0.2, -0.15) is 5.10 Å². The van der Waals surface area contributed by atoms with E-state index >= 15 is 0 Å². The van der Waals surface area contributed by atoms with E-state index in [-0.39, 0.29) is 0 Å². The van der Waals surface area contributed by atoms with Gasteiger partial charge in [0, 0.05) is 24.3 Å². The summed E-state index contributed by atoms with van der Waals surface area (Å²) in [7, 11) is 2.00. The van der Waals surface area contributed by atoms with Crippen LogP contribution in [0.15, 0.2) is 6.20 Å². The smallest absolute Gasteiger partial charge is 0.0540 e. The first-order valence-corrected chi connectivity index (χ1v) is 5.01. The second-order valence-electron chi connectivity index (χ2n) is 3.81. The van der Waals surface area contributed by atoms with Crippen molar-refractivity contribution in [1.29, 1.82) is 0 Å². The minimum absolute atomic E-state index is 0.544. The molecule has 0 amide bonds. The SMILES string of the molecule is Cc1c(C2CCCCN2)cnn1C. The van der Waals surface area contributed by atoms with E-state index in [1.54, 1.807) is 0 Å². The van der Waals surface area contributed by atoms with Crippen molar-refractivity contribution in [3.63, 3.8) is 0 Å². The van der Waals surface area contributed by atoms with Gasteiger partial charge in [0.25, 0.3) is 0 Å². The summed E-state index contributed by atoms with van der Waals surface area (Å²) in [6.07, 6.45) is 5.91. The Labute approximate surface area is 79.1 Å². The van der Waals surface area contributed by atoms with Gasteiger partial charge in [-0.25, -0.2) is 0 Å². The average Bonchev–Trinajstić information content (AvgIpc) is 2.49. The van der Waals surface area contributed by atoms with Gasteiger partial charge >= 0.3 is 0 Å². The van der Waals surface area contributed by atoms with Crippen molar-refractivity contribution in [2.75, 3.05) is 6.54 Å². The monoisotopic (exact) mass is 179 g/mol. The topological polar surface area (TPSA) is 29.9 Å². The van der Waals surface area contributed by atoms with Crippen LogP contribution >= 0.6 is 0 Å². The first-order chi connectivity index (χ1) is 6.29. The summed E-state index contributed by atoms with van der Waals surface area (Å²) in [5, 5.41) is 7.80. The maximum absolute atomic E-state index is 4.27. The van der Waals surface area contributed by atoms with Crippen LogP contribution < -0.4 is 5.32 Å². The lowest BCUT2D eigenvalue weighted by Crippen LogP contribution is -2.27. The van der Waals surface area contributed by atoms with Crippen molar-refractivity contribution in [3.8, 4) is 0 Å². The zero-order valence-corrected chi connectivity index (χ0v) is 8.38. The van der Waals surface area contributed by atoms with Crippen LogP contribution in [0.3, 0.4) is 0 Å². The van der Waals surface area contributed by atoms with Gasteiger partial charge in [-0.05, 0) is 26.3 Å². The number of hydrogen-bond acceptors (Lipinski definition) is 2. The summed E-state index contributed by atoms with van der Waals surface area (Å²) in [6.45, 7) is 3.29. The first kappa shape index (κ1) is 8.75. The van der Waals surface area contributed by atoms with Crippen molar-refractivity contribution in [1.82, 2.24) is 15.1 Å². The van der Waals surface area contributed by atoms with Crippen LogP contribution in [0.4, 0.5) is 0 Å². The lowest BCUT2D eigenvalue weighted by Gasteiger charge is -2.23. The normalized spacial score (nSPS) is 23.4. The summed E-state index contributed by atoms with van der Waals surface area (Å²) in [5.41, 5.74) is 2.67. The molecule has 0 aromatic carbocycles. The molecular formula is C10H17N3. The molecule has 1 fully saturated rings. The summed E-state index contributed by atoms with van der Waals surface area (Å²) < 4.78 is 1.95. The molecule has 1 saturated heterocycles. The molecule has 0 saturated carbocycles. The molecule has 3 heteroatoms. The molecule has 2 rings (SSSR count). The molecule has 2 heterocycles. The number of rotatable bonds is 1. The van der Waals surface area contributed by atoms with E-state index in [1.165, 1.54) is 30.5 Å².